The maximum absolute atomic E-state index is 12.2. The van der Waals surface area contributed by atoms with E-state index in [-0.39, 0.29) is 17.6 Å². The van der Waals surface area contributed by atoms with Gasteiger partial charge in [0.05, 0.1) is 11.3 Å². The first-order chi connectivity index (χ1) is 12.1. The van der Waals surface area contributed by atoms with Crippen LogP contribution in [0.3, 0.4) is 0 Å². The van der Waals surface area contributed by atoms with Crippen LogP contribution in [0.5, 0.6) is 0 Å². The zero-order valence-corrected chi connectivity index (χ0v) is 15.1. The van der Waals surface area contributed by atoms with Crippen molar-refractivity contribution in [3.63, 3.8) is 0 Å². The molecule has 0 fully saturated rings. The van der Waals surface area contributed by atoms with Gasteiger partial charge in [-0.05, 0) is 44.2 Å². The molecule has 0 saturated heterocycles. The molecule has 0 aliphatic carbocycles. The Labute approximate surface area is 152 Å². The highest BCUT2D eigenvalue weighted by molar-refractivity contribution is 8.00. The molecule has 0 unspecified atom stereocenters. The minimum absolute atomic E-state index is 0.104. The van der Waals surface area contributed by atoms with Crippen LogP contribution in [0.1, 0.15) is 22.3 Å². The Morgan fingerprint density at radius 3 is 2.52 bits per heavy atom. The Hall–Kier alpha value is -2.31. The molecule has 2 aromatic carbocycles. The standard InChI is InChI=1S/C19H23N3O2S/c1-14-7-9-15(10-8-14)22-18(23)13-25-17-6-3-2-5-16(17)19(24)21-12-4-11-20/h2-3,5-10H,4,11-13,20H2,1H3,(H,21,24)(H,22,23). The predicted octanol–water partition coefficient (Wildman–Crippen LogP) is 2.80. The smallest absolute Gasteiger partial charge is 0.252 e. The van der Waals surface area contributed by atoms with Gasteiger partial charge in [-0.1, -0.05) is 29.8 Å². The molecule has 2 rings (SSSR count). The number of carbonyl (C=O) groups excluding carboxylic acids is 2. The molecule has 2 aromatic rings. The first-order valence-electron chi connectivity index (χ1n) is 8.17. The molecule has 0 aliphatic rings. The molecule has 0 atom stereocenters. The largest absolute Gasteiger partial charge is 0.352 e. The van der Waals surface area contributed by atoms with E-state index >= 15 is 0 Å². The van der Waals surface area contributed by atoms with Gasteiger partial charge >= 0.3 is 0 Å². The zero-order valence-electron chi connectivity index (χ0n) is 14.2. The molecule has 0 bridgehead atoms. The highest BCUT2D eigenvalue weighted by Crippen LogP contribution is 2.23. The van der Waals surface area contributed by atoms with E-state index in [9.17, 15) is 9.59 Å². The Morgan fingerprint density at radius 1 is 1.08 bits per heavy atom. The molecule has 0 aromatic heterocycles. The van der Waals surface area contributed by atoms with Crippen molar-refractivity contribution < 1.29 is 9.59 Å². The van der Waals surface area contributed by atoms with Crippen LogP contribution >= 0.6 is 11.8 Å². The van der Waals surface area contributed by atoms with Crippen LogP contribution in [0.15, 0.2) is 53.4 Å². The molecule has 0 aliphatic heterocycles. The topological polar surface area (TPSA) is 84.2 Å². The lowest BCUT2D eigenvalue weighted by molar-refractivity contribution is -0.113. The van der Waals surface area contributed by atoms with Crippen molar-refractivity contribution in [1.82, 2.24) is 5.32 Å². The van der Waals surface area contributed by atoms with Gasteiger partial charge in [0.25, 0.3) is 5.91 Å². The normalized spacial score (nSPS) is 10.3. The number of rotatable bonds is 8. The van der Waals surface area contributed by atoms with Crippen molar-refractivity contribution in [2.45, 2.75) is 18.2 Å². The van der Waals surface area contributed by atoms with E-state index in [0.717, 1.165) is 22.6 Å². The van der Waals surface area contributed by atoms with E-state index in [4.69, 9.17) is 5.73 Å². The molecular formula is C19H23N3O2S. The Kier molecular flexibility index (Phi) is 7.50. The van der Waals surface area contributed by atoms with Crippen LogP contribution in [-0.2, 0) is 4.79 Å². The molecule has 0 spiro atoms. The van der Waals surface area contributed by atoms with Crippen molar-refractivity contribution in [2.24, 2.45) is 5.73 Å². The number of hydrogen-bond acceptors (Lipinski definition) is 4. The quantitative estimate of drug-likeness (QED) is 0.501. The monoisotopic (exact) mass is 357 g/mol. The average Bonchev–Trinajstić information content (AvgIpc) is 2.62. The van der Waals surface area contributed by atoms with Gasteiger partial charge in [-0.3, -0.25) is 9.59 Å². The van der Waals surface area contributed by atoms with E-state index in [1.54, 1.807) is 6.07 Å². The van der Waals surface area contributed by atoms with Crippen LogP contribution in [-0.4, -0.2) is 30.7 Å². The Morgan fingerprint density at radius 2 is 1.80 bits per heavy atom. The minimum Gasteiger partial charge on any atom is -0.352 e. The highest BCUT2D eigenvalue weighted by Gasteiger charge is 2.12. The number of amides is 2. The molecule has 0 heterocycles. The summed E-state index contributed by atoms with van der Waals surface area (Å²) in [6.45, 7) is 3.08. The van der Waals surface area contributed by atoms with Crippen LogP contribution in [0.4, 0.5) is 5.69 Å². The summed E-state index contributed by atoms with van der Waals surface area (Å²) in [7, 11) is 0. The van der Waals surface area contributed by atoms with Gasteiger partial charge in [-0.25, -0.2) is 0 Å². The van der Waals surface area contributed by atoms with Gasteiger partial charge < -0.3 is 16.4 Å². The highest BCUT2D eigenvalue weighted by atomic mass is 32.2. The number of nitrogens with two attached hydrogens (primary N) is 1. The average molecular weight is 357 g/mol. The maximum Gasteiger partial charge on any atom is 0.252 e. The number of anilines is 1. The van der Waals surface area contributed by atoms with Crippen LogP contribution in [0.25, 0.3) is 0 Å². The lowest BCUT2D eigenvalue weighted by Crippen LogP contribution is -2.26. The second-order valence-corrected chi connectivity index (χ2v) is 6.61. The molecule has 132 valence electrons. The lowest BCUT2D eigenvalue weighted by Gasteiger charge is -2.10. The maximum atomic E-state index is 12.2. The zero-order chi connectivity index (χ0) is 18.1. The van der Waals surface area contributed by atoms with Gasteiger partial charge in [-0.15, -0.1) is 11.8 Å². The number of aryl methyl sites for hydroxylation is 1. The molecule has 0 radical (unpaired) electrons. The molecule has 6 heteroatoms. The SMILES string of the molecule is Cc1ccc(NC(=O)CSc2ccccc2C(=O)NCCCN)cc1. The number of hydrogen-bond donors (Lipinski definition) is 3. The molecule has 5 nitrogen and oxygen atoms in total. The fraction of sp³-hybridized carbons (Fsp3) is 0.263. The van der Waals surface area contributed by atoms with Crippen molar-refractivity contribution in [1.29, 1.82) is 0 Å². The second-order valence-electron chi connectivity index (χ2n) is 5.60. The Bertz CT molecular complexity index is 717. The van der Waals surface area contributed by atoms with Crippen molar-refractivity contribution >= 4 is 29.3 Å². The van der Waals surface area contributed by atoms with Crippen LogP contribution in [0, 0.1) is 6.92 Å². The van der Waals surface area contributed by atoms with Gasteiger partial charge in [0.15, 0.2) is 0 Å². The summed E-state index contributed by atoms with van der Waals surface area (Å²) >= 11 is 1.35. The first kappa shape index (κ1) is 19.0. The summed E-state index contributed by atoms with van der Waals surface area (Å²) in [4.78, 5) is 25.1. The number of nitrogens with one attached hydrogen (secondary N) is 2. The molecule has 4 N–H and O–H groups in total. The van der Waals surface area contributed by atoms with Gasteiger partial charge in [-0.2, -0.15) is 0 Å². The third-order valence-electron chi connectivity index (χ3n) is 3.49. The summed E-state index contributed by atoms with van der Waals surface area (Å²) in [5.41, 5.74) is 7.92. The summed E-state index contributed by atoms with van der Waals surface area (Å²) in [6, 6.07) is 14.9. The van der Waals surface area contributed by atoms with Gasteiger partial charge in [0.1, 0.15) is 0 Å². The molecule has 25 heavy (non-hydrogen) atoms. The summed E-state index contributed by atoms with van der Waals surface area (Å²) in [5, 5.41) is 5.70. The summed E-state index contributed by atoms with van der Waals surface area (Å²) in [6.07, 6.45) is 0.736. The predicted molar refractivity (Wildman–Crippen MR) is 103 cm³/mol. The molecule has 0 saturated carbocycles. The van der Waals surface area contributed by atoms with Crippen molar-refractivity contribution in [3.05, 3.63) is 59.7 Å². The number of benzene rings is 2. The fourth-order valence-corrected chi connectivity index (χ4v) is 3.01. The minimum atomic E-state index is -0.143. The first-order valence-corrected chi connectivity index (χ1v) is 9.15. The summed E-state index contributed by atoms with van der Waals surface area (Å²) < 4.78 is 0. The van der Waals surface area contributed by atoms with E-state index < -0.39 is 0 Å². The Balaban J connectivity index is 1.92. The number of thioether (sulfide) groups is 1. The fourth-order valence-electron chi connectivity index (χ4n) is 2.16. The third-order valence-corrected chi connectivity index (χ3v) is 4.57. The third kappa shape index (κ3) is 6.25. The number of carbonyl (C=O) groups is 2. The van der Waals surface area contributed by atoms with Crippen LogP contribution in [0.2, 0.25) is 0 Å². The van der Waals surface area contributed by atoms with E-state index in [1.165, 1.54) is 11.8 Å². The van der Waals surface area contributed by atoms with Crippen LogP contribution < -0.4 is 16.4 Å². The molecular weight excluding hydrogens is 334 g/mol. The second kappa shape index (κ2) is 9.86. The lowest BCUT2D eigenvalue weighted by atomic mass is 10.2. The molecule has 2 amide bonds. The van der Waals surface area contributed by atoms with E-state index in [0.29, 0.717) is 18.7 Å². The van der Waals surface area contributed by atoms with E-state index in [2.05, 4.69) is 10.6 Å². The van der Waals surface area contributed by atoms with Crippen molar-refractivity contribution in [3.8, 4) is 0 Å². The van der Waals surface area contributed by atoms with Gasteiger partial charge in [0, 0.05) is 17.1 Å². The summed E-state index contributed by atoms with van der Waals surface area (Å²) in [5.74, 6) is -0.0104. The van der Waals surface area contributed by atoms with Crippen molar-refractivity contribution in [2.75, 3.05) is 24.2 Å². The van der Waals surface area contributed by atoms with E-state index in [1.807, 2.05) is 49.4 Å². The van der Waals surface area contributed by atoms with Gasteiger partial charge in [0.2, 0.25) is 5.91 Å².